The normalized spacial score (nSPS) is 19.5. The van der Waals surface area contributed by atoms with Gasteiger partial charge in [-0.1, -0.05) is 24.3 Å². The number of nitrogens with zero attached hydrogens (tertiary/aromatic N) is 3. The van der Waals surface area contributed by atoms with Crippen molar-refractivity contribution in [2.24, 2.45) is 5.92 Å². The van der Waals surface area contributed by atoms with Gasteiger partial charge in [0.1, 0.15) is 11.9 Å². The fourth-order valence-corrected chi connectivity index (χ4v) is 3.91. The van der Waals surface area contributed by atoms with Gasteiger partial charge >= 0.3 is 0 Å². The number of amides is 2. The molecule has 2 aromatic rings. The molecule has 2 atom stereocenters. The van der Waals surface area contributed by atoms with E-state index in [0.29, 0.717) is 13.1 Å². The lowest BCUT2D eigenvalue weighted by Crippen LogP contribution is -2.37. The SMILES string of the molecule is CCN1C(=O)C[C@H](C(=O)NCCc2ccccc2C)[C@H]1c1nccn1CC. The van der Waals surface area contributed by atoms with Gasteiger partial charge in [0, 0.05) is 38.4 Å². The lowest BCUT2D eigenvalue weighted by molar-refractivity contribution is -0.129. The monoisotopic (exact) mass is 368 g/mol. The van der Waals surface area contributed by atoms with E-state index in [2.05, 4.69) is 29.4 Å². The number of hydrogen-bond donors (Lipinski definition) is 1. The van der Waals surface area contributed by atoms with E-state index in [1.165, 1.54) is 11.1 Å². The first-order valence-electron chi connectivity index (χ1n) is 9.69. The van der Waals surface area contributed by atoms with Crippen molar-refractivity contribution in [3.63, 3.8) is 0 Å². The fourth-order valence-electron chi connectivity index (χ4n) is 3.91. The van der Waals surface area contributed by atoms with Crippen LogP contribution in [0.2, 0.25) is 0 Å². The Kier molecular flexibility index (Phi) is 5.94. The summed E-state index contributed by atoms with van der Waals surface area (Å²) in [7, 11) is 0. The summed E-state index contributed by atoms with van der Waals surface area (Å²) in [6.07, 6.45) is 4.66. The number of benzene rings is 1. The van der Waals surface area contributed by atoms with Gasteiger partial charge in [-0.3, -0.25) is 9.59 Å². The summed E-state index contributed by atoms with van der Waals surface area (Å²) in [6.45, 7) is 7.96. The smallest absolute Gasteiger partial charge is 0.226 e. The summed E-state index contributed by atoms with van der Waals surface area (Å²) < 4.78 is 2.01. The van der Waals surface area contributed by atoms with Gasteiger partial charge in [0.15, 0.2) is 0 Å². The van der Waals surface area contributed by atoms with Crippen LogP contribution < -0.4 is 5.32 Å². The van der Waals surface area contributed by atoms with Crippen molar-refractivity contribution in [2.45, 2.75) is 46.2 Å². The molecule has 2 amide bonds. The first kappa shape index (κ1) is 19.1. The van der Waals surface area contributed by atoms with Crippen LogP contribution in [0.25, 0.3) is 0 Å². The Bertz CT molecular complexity index is 814. The lowest BCUT2D eigenvalue weighted by Gasteiger charge is -2.26. The van der Waals surface area contributed by atoms with Crippen molar-refractivity contribution >= 4 is 11.8 Å². The number of hydrogen-bond acceptors (Lipinski definition) is 3. The minimum Gasteiger partial charge on any atom is -0.355 e. The van der Waals surface area contributed by atoms with Crippen molar-refractivity contribution < 1.29 is 9.59 Å². The van der Waals surface area contributed by atoms with Gasteiger partial charge in [0.2, 0.25) is 11.8 Å². The molecule has 1 N–H and O–H groups in total. The molecule has 0 radical (unpaired) electrons. The summed E-state index contributed by atoms with van der Waals surface area (Å²) in [5.41, 5.74) is 2.45. The number of rotatable bonds is 7. The van der Waals surface area contributed by atoms with E-state index in [1.54, 1.807) is 11.1 Å². The maximum atomic E-state index is 12.9. The summed E-state index contributed by atoms with van der Waals surface area (Å²) >= 11 is 0. The topological polar surface area (TPSA) is 67.2 Å². The summed E-state index contributed by atoms with van der Waals surface area (Å²) in [5.74, 6) is 0.349. The molecule has 0 bridgehead atoms. The first-order valence-corrected chi connectivity index (χ1v) is 9.69. The molecule has 3 rings (SSSR count). The predicted octanol–water partition coefficient (Wildman–Crippen LogP) is 2.48. The number of imidazole rings is 1. The van der Waals surface area contributed by atoms with Crippen LogP contribution in [0.1, 0.15) is 43.3 Å². The molecule has 1 aliphatic rings. The van der Waals surface area contributed by atoms with E-state index in [-0.39, 0.29) is 24.3 Å². The molecular formula is C21H28N4O2. The van der Waals surface area contributed by atoms with Crippen molar-refractivity contribution in [3.05, 3.63) is 53.6 Å². The van der Waals surface area contributed by atoms with E-state index in [4.69, 9.17) is 0 Å². The van der Waals surface area contributed by atoms with Gasteiger partial charge in [-0.05, 0) is 38.3 Å². The van der Waals surface area contributed by atoms with E-state index in [1.807, 2.05) is 36.7 Å². The zero-order chi connectivity index (χ0) is 19.4. The second-order valence-corrected chi connectivity index (χ2v) is 6.97. The zero-order valence-corrected chi connectivity index (χ0v) is 16.3. The molecule has 1 saturated heterocycles. The quantitative estimate of drug-likeness (QED) is 0.816. The number of carbonyl (C=O) groups excluding carboxylic acids is 2. The number of nitrogens with one attached hydrogen (secondary N) is 1. The largest absolute Gasteiger partial charge is 0.355 e. The second kappa shape index (κ2) is 8.37. The number of aryl methyl sites for hydroxylation is 2. The van der Waals surface area contributed by atoms with Gasteiger partial charge in [-0.2, -0.15) is 0 Å². The van der Waals surface area contributed by atoms with Crippen LogP contribution in [0.3, 0.4) is 0 Å². The molecule has 144 valence electrons. The Hall–Kier alpha value is -2.63. The lowest BCUT2D eigenvalue weighted by atomic mass is 9.98. The highest BCUT2D eigenvalue weighted by atomic mass is 16.2. The minimum absolute atomic E-state index is 0.0206. The van der Waals surface area contributed by atoms with Gasteiger partial charge in [-0.15, -0.1) is 0 Å². The Balaban J connectivity index is 1.72. The van der Waals surface area contributed by atoms with Crippen molar-refractivity contribution in [2.75, 3.05) is 13.1 Å². The molecule has 1 fully saturated rings. The average Bonchev–Trinajstić information content (AvgIpc) is 3.26. The van der Waals surface area contributed by atoms with Crippen molar-refractivity contribution in [1.29, 1.82) is 0 Å². The van der Waals surface area contributed by atoms with Crippen molar-refractivity contribution in [3.8, 4) is 0 Å². The second-order valence-electron chi connectivity index (χ2n) is 6.97. The van der Waals surface area contributed by atoms with Gasteiger partial charge in [0.05, 0.1) is 5.92 Å². The van der Waals surface area contributed by atoms with E-state index >= 15 is 0 Å². The molecule has 27 heavy (non-hydrogen) atoms. The molecule has 6 nitrogen and oxygen atoms in total. The molecule has 1 aliphatic heterocycles. The Morgan fingerprint density at radius 1 is 1.26 bits per heavy atom. The maximum absolute atomic E-state index is 12.9. The molecule has 1 aromatic heterocycles. The summed E-state index contributed by atoms with van der Waals surface area (Å²) in [6, 6.07) is 7.89. The third-order valence-corrected chi connectivity index (χ3v) is 5.42. The Morgan fingerprint density at radius 3 is 2.74 bits per heavy atom. The number of carbonyl (C=O) groups is 2. The van der Waals surface area contributed by atoms with Crippen LogP contribution in [-0.2, 0) is 22.6 Å². The molecule has 0 spiro atoms. The highest BCUT2D eigenvalue weighted by Crippen LogP contribution is 2.37. The summed E-state index contributed by atoms with van der Waals surface area (Å²) in [4.78, 5) is 31.6. The molecule has 6 heteroatoms. The van der Waals surface area contributed by atoms with E-state index in [0.717, 1.165) is 18.8 Å². The van der Waals surface area contributed by atoms with Gasteiger partial charge in [0.25, 0.3) is 0 Å². The van der Waals surface area contributed by atoms with E-state index in [9.17, 15) is 9.59 Å². The van der Waals surface area contributed by atoms with Crippen LogP contribution in [0.15, 0.2) is 36.7 Å². The molecule has 2 heterocycles. The van der Waals surface area contributed by atoms with Gasteiger partial charge in [-0.25, -0.2) is 4.98 Å². The number of aromatic nitrogens is 2. The van der Waals surface area contributed by atoms with E-state index < -0.39 is 5.92 Å². The minimum atomic E-state index is -0.401. The zero-order valence-electron chi connectivity index (χ0n) is 16.3. The van der Waals surface area contributed by atoms with Crippen molar-refractivity contribution in [1.82, 2.24) is 19.8 Å². The highest BCUT2D eigenvalue weighted by molar-refractivity contribution is 5.90. The van der Waals surface area contributed by atoms with Crippen LogP contribution in [0.5, 0.6) is 0 Å². The predicted molar refractivity (Wildman–Crippen MR) is 104 cm³/mol. The third-order valence-electron chi connectivity index (χ3n) is 5.42. The van der Waals surface area contributed by atoms with Crippen LogP contribution in [0.4, 0.5) is 0 Å². The maximum Gasteiger partial charge on any atom is 0.226 e. The standard InChI is InChI=1S/C21H28N4O2/c1-4-24-13-12-22-20(24)19-17(14-18(26)25(19)5-2)21(27)23-11-10-16-9-7-6-8-15(16)3/h6-9,12-13,17,19H,4-5,10-11,14H2,1-3H3,(H,23,27)/t17-,19-/m0/s1. The molecule has 0 unspecified atom stereocenters. The average molecular weight is 368 g/mol. The molecule has 1 aromatic carbocycles. The highest BCUT2D eigenvalue weighted by Gasteiger charge is 2.45. The third kappa shape index (κ3) is 3.89. The fraction of sp³-hybridized carbons (Fsp3) is 0.476. The first-order chi connectivity index (χ1) is 13.1. The Labute approximate surface area is 160 Å². The summed E-state index contributed by atoms with van der Waals surface area (Å²) in [5, 5.41) is 3.04. The van der Waals surface area contributed by atoms with Gasteiger partial charge < -0.3 is 14.8 Å². The van der Waals surface area contributed by atoms with Crippen LogP contribution >= 0.6 is 0 Å². The Morgan fingerprint density at radius 2 is 2.04 bits per heavy atom. The molecular weight excluding hydrogens is 340 g/mol. The molecule has 0 saturated carbocycles. The number of likely N-dealkylation sites (tertiary alicyclic amines) is 1. The molecule has 0 aliphatic carbocycles. The van der Waals surface area contributed by atoms with Crippen LogP contribution in [0, 0.1) is 12.8 Å². The van der Waals surface area contributed by atoms with Crippen LogP contribution in [-0.4, -0.2) is 39.4 Å².